The normalized spacial score (nSPS) is 11.3. The van der Waals surface area contributed by atoms with Gasteiger partial charge in [-0.1, -0.05) is 30.3 Å². The largest absolute Gasteiger partial charge is 0.495 e. The second-order valence-corrected chi connectivity index (χ2v) is 7.90. The zero-order valence-electron chi connectivity index (χ0n) is 16.6. The summed E-state index contributed by atoms with van der Waals surface area (Å²) in [6, 6.07) is 14.1. The zero-order chi connectivity index (χ0) is 20.4. The molecule has 148 valence electrons. The maximum atomic E-state index is 5.42. The molecular weight excluding hydrogens is 430 g/mol. The SMILES string of the molecule is COc1cc2ncnc(-c3cn(CCN(C)C)nc3-c3ccccc3)c2cc1Br. The summed E-state index contributed by atoms with van der Waals surface area (Å²) in [7, 11) is 5.77. The van der Waals surface area contributed by atoms with Gasteiger partial charge in [-0.2, -0.15) is 5.10 Å². The van der Waals surface area contributed by atoms with Gasteiger partial charge in [-0.05, 0) is 36.1 Å². The lowest BCUT2D eigenvalue weighted by atomic mass is 10.0. The summed E-state index contributed by atoms with van der Waals surface area (Å²) in [5.74, 6) is 0.743. The highest BCUT2D eigenvalue weighted by Gasteiger charge is 2.18. The van der Waals surface area contributed by atoms with Gasteiger partial charge >= 0.3 is 0 Å². The summed E-state index contributed by atoms with van der Waals surface area (Å²) in [6.45, 7) is 1.70. The van der Waals surface area contributed by atoms with Gasteiger partial charge in [0, 0.05) is 35.3 Å². The first kappa shape index (κ1) is 19.5. The van der Waals surface area contributed by atoms with E-state index in [0.29, 0.717) is 0 Å². The van der Waals surface area contributed by atoms with Crippen molar-refractivity contribution < 1.29 is 4.74 Å². The molecule has 0 aliphatic carbocycles. The molecule has 2 aromatic heterocycles. The van der Waals surface area contributed by atoms with Gasteiger partial charge in [-0.15, -0.1) is 0 Å². The predicted octanol–water partition coefficient (Wildman–Crippen LogP) is 4.49. The van der Waals surface area contributed by atoms with Gasteiger partial charge in [0.25, 0.3) is 0 Å². The van der Waals surface area contributed by atoms with Crippen molar-refractivity contribution in [2.75, 3.05) is 27.7 Å². The van der Waals surface area contributed by atoms with Gasteiger partial charge in [0.15, 0.2) is 0 Å². The minimum atomic E-state index is 0.743. The van der Waals surface area contributed by atoms with Crippen LogP contribution in [0.5, 0.6) is 5.75 Å². The summed E-state index contributed by atoms with van der Waals surface area (Å²) < 4.78 is 8.28. The Morgan fingerprint density at radius 1 is 1.07 bits per heavy atom. The fraction of sp³-hybridized carbons (Fsp3) is 0.227. The molecule has 4 rings (SSSR count). The van der Waals surface area contributed by atoms with Crippen molar-refractivity contribution in [3.63, 3.8) is 0 Å². The van der Waals surface area contributed by atoms with Crippen molar-refractivity contribution in [3.8, 4) is 28.3 Å². The van der Waals surface area contributed by atoms with E-state index in [1.165, 1.54) is 0 Å². The Hall–Kier alpha value is -2.77. The quantitative estimate of drug-likeness (QED) is 0.432. The van der Waals surface area contributed by atoms with Crippen LogP contribution in [0.4, 0.5) is 0 Å². The molecule has 2 aromatic carbocycles. The molecule has 0 spiro atoms. The van der Waals surface area contributed by atoms with Crippen LogP contribution in [0.1, 0.15) is 0 Å². The Labute approximate surface area is 178 Å². The molecule has 0 aliphatic heterocycles. The predicted molar refractivity (Wildman–Crippen MR) is 119 cm³/mol. The van der Waals surface area contributed by atoms with Crippen LogP contribution in [0.15, 0.2) is 59.5 Å². The van der Waals surface area contributed by atoms with Crippen LogP contribution in [0, 0.1) is 0 Å². The topological polar surface area (TPSA) is 56.1 Å². The van der Waals surface area contributed by atoms with Crippen molar-refractivity contribution >= 4 is 26.8 Å². The Morgan fingerprint density at radius 2 is 1.86 bits per heavy atom. The monoisotopic (exact) mass is 451 g/mol. The van der Waals surface area contributed by atoms with Crippen molar-refractivity contribution in [2.45, 2.75) is 6.54 Å². The number of hydrogen-bond donors (Lipinski definition) is 0. The average molecular weight is 452 g/mol. The van der Waals surface area contributed by atoms with E-state index in [-0.39, 0.29) is 0 Å². The molecule has 0 fully saturated rings. The highest BCUT2D eigenvalue weighted by atomic mass is 79.9. The molecule has 2 heterocycles. The van der Waals surface area contributed by atoms with E-state index in [2.05, 4.69) is 63.2 Å². The number of benzene rings is 2. The molecule has 0 radical (unpaired) electrons. The summed E-state index contributed by atoms with van der Waals surface area (Å²) >= 11 is 3.59. The number of ether oxygens (including phenoxy) is 1. The number of halogens is 1. The lowest BCUT2D eigenvalue weighted by Gasteiger charge is -2.09. The van der Waals surface area contributed by atoms with Gasteiger partial charge < -0.3 is 9.64 Å². The number of methoxy groups -OCH3 is 1. The first-order valence-corrected chi connectivity index (χ1v) is 10.1. The Bertz CT molecular complexity index is 1140. The van der Waals surface area contributed by atoms with E-state index in [4.69, 9.17) is 9.84 Å². The second kappa shape index (κ2) is 8.31. The molecule has 0 amide bonds. The Balaban J connectivity index is 1.90. The lowest BCUT2D eigenvalue weighted by molar-refractivity contribution is 0.373. The Morgan fingerprint density at radius 3 is 2.59 bits per heavy atom. The van der Waals surface area contributed by atoms with Crippen LogP contribution in [0.3, 0.4) is 0 Å². The van der Waals surface area contributed by atoms with Crippen LogP contribution in [0.2, 0.25) is 0 Å². The zero-order valence-corrected chi connectivity index (χ0v) is 18.2. The summed E-state index contributed by atoms with van der Waals surface area (Å²) in [5.41, 5.74) is 4.64. The molecule has 0 saturated carbocycles. The molecular formula is C22H22BrN5O. The van der Waals surface area contributed by atoms with Gasteiger partial charge in [-0.25, -0.2) is 9.97 Å². The van der Waals surface area contributed by atoms with Crippen molar-refractivity contribution in [2.24, 2.45) is 0 Å². The molecule has 0 unspecified atom stereocenters. The van der Waals surface area contributed by atoms with E-state index in [9.17, 15) is 0 Å². The van der Waals surface area contributed by atoms with E-state index in [0.717, 1.165) is 56.7 Å². The van der Waals surface area contributed by atoms with Crippen molar-refractivity contribution in [1.29, 1.82) is 0 Å². The van der Waals surface area contributed by atoms with Crippen LogP contribution >= 0.6 is 15.9 Å². The van der Waals surface area contributed by atoms with Crippen LogP contribution in [0.25, 0.3) is 33.4 Å². The summed E-state index contributed by atoms with van der Waals surface area (Å²) in [4.78, 5) is 11.2. The first-order valence-electron chi connectivity index (χ1n) is 9.33. The summed E-state index contributed by atoms with van der Waals surface area (Å²) in [6.07, 6.45) is 3.67. The molecule has 6 nitrogen and oxygen atoms in total. The van der Waals surface area contributed by atoms with Gasteiger partial charge in [0.05, 0.1) is 29.3 Å². The summed E-state index contributed by atoms with van der Waals surface area (Å²) in [5, 5.41) is 5.83. The van der Waals surface area contributed by atoms with Gasteiger partial charge in [0.2, 0.25) is 0 Å². The molecule has 29 heavy (non-hydrogen) atoms. The van der Waals surface area contributed by atoms with Crippen LogP contribution in [-0.4, -0.2) is 52.4 Å². The van der Waals surface area contributed by atoms with E-state index in [1.807, 2.05) is 35.0 Å². The highest BCUT2D eigenvalue weighted by Crippen LogP contribution is 2.37. The highest BCUT2D eigenvalue weighted by molar-refractivity contribution is 9.10. The maximum absolute atomic E-state index is 5.42. The molecule has 0 N–H and O–H groups in total. The van der Waals surface area contributed by atoms with Crippen LogP contribution in [-0.2, 0) is 6.54 Å². The van der Waals surface area contributed by atoms with E-state index in [1.54, 1.807) is 13.4 Å². The average Bonchev–Trinajstić information content (AvgIpc) is 3.16. The van der Waals surface area contributed by atoms with E-state index < -0.39 is 0 Å². The maximum Gasteiger partial charge on any atom is 0.135 e. The molecule has 0 aliphatic rings. The number of likely N-dealkylation sites (N-methyl/N-ethyl adjacent to an activating group) is 1. The molecule has 7 heteroatoms. The lowest BCUT2D eigenvalue weighted by Crippen LogP contribution is -2.18. The van der Waals surface area contributed by atoms with Gasteiger partial charge in [0.1, 0.15) is 17.8 Å². The number of aromatic nitrogens is 4. The minimum Gasteiger partial charge on any atom is -0.495 e. The van der Waals surface area contributed by atoms with Crippen molar-refractivity contribution in [3.05, 3.63) is 59.5 Å². The minimum absolute atomic E-state index is 0.743. The second-order valence-electron chi connectivity index (χ2n) is 7.05. The molecule has 0 saturated heterocycles. The third kappa shape index (κ3) is 4.02. The van der Waals surface area contributed by atoms with E-state index >= 15 is 0 Å². The third-order valence-electron chi connectivity index (χ3n) is 4.75. The number of fused-ring (bicyclic) bond motifs is 1. The fourth-order valence-electron chi connectivity index (χ4n) is 3.25. The van der Waals surface area contributed by atoms with Crippen molar-refractivity contribution in [1.82, 2.24) is 24.6 Å². The standard InChI is InChI=1S/C22H22BrN5O/c1-27(2)9-10-28-13-17(21(26-28)15-7-5-4-6-8-15)22-16-11-18(23)20(29-3)12-19(16)24-14-25-22/h4-8,11-14H,9-10H2,1-3H3. The van der Waals surface area contributed by atoms with Gasteiger partial charge in [-0.3, -0.25) is 4.68 Å². The molecule has 0 atom stereocenters. The number of rotatable bonds is 6. The Kier molecular flexibility index (Phi) is 5.60. The van der Waals surface area contributed by atoms with Crippen LogP contribution < -0.4 is 4.74 Å². The number of hydrogen-bond acceptors (Lipinski definition) is 5. The smallest absolute Gasteiger partial charge is 0.135 e. The molecule has 0 bridgehead atoms. The third-order valence-corrected chi connectivity index (χ3v) is 5.37. The first-order chi connectivity index (χ1) is 14.1. The number of nitrogens with zero attached hydrogens (tertiary/aromatic N) is 5. The molecule has 4 aromatic rings. The fourth-order valence-corrected chi connectivity index (χ4v) is 3.75.